The van der Waals surface area contributed by atoms with Crippen molar-refractivity contribution in [1.82, 2.24) is 0 Å². The number of rotatable bonds is 3. The Morgan fingerprint density at radius 3 is 2.30 bits per heavy atom. The second kappa shape index (κ2) is 5.65. The molecular formula is C16H18N2O2. The highest BCUT2D eigenvalue weighted by molar-refractivity contribution is 6.09. The minimum absolute atomic E-state index is 0.237. The number of hydrogen-bond acceptors (Lipinski definition) is 3. The van der Waals surface area contributed by atoms with E-state index in [1.54, 1.807) is 18.2 Å². The molecule has 0 heterocycles. The molecule has 104 valence electrons. The Kier molecular flexibility index (Phi) is 3.94. The number of nitrogen functional groups attached to an aromatic ring is 1. The van der Waals surface area contributed by atoms with Gasteiger partial charge in [0, 0.05) is 5.69 Å². The molecule has 0 aliphatic heterocycles. The van der Waals surface area contributed by atoms with E-state index in [2.05, 4.69) is 5.32 Å². The summed E-state index contributed by atoms with van der Waals surface area (Å²) in [5.41, 5.74) is 9.54. The van der Waals surface area contributed by atoms with Crippen molar-refractivity contribution in [3.8, 4) is 5.75 Å². The van der Waals surface area contributed by atoms with E-state index in [0.717, 1.165) is 16.8 Å². The third-order valence-electron chi connectivity index (χ3n) is 3.25. The van der Waals surface area contributed by atoms with Crippen LogP contribution in [-0.4, -0.2) is 13.0 Å². The van der Waals surface area contributed by atoms with E-state index in [9.17, 15) is 4.79 Å². The van der Waals surface area contributed by atoms with Crippen LogP contribution in [0.4, 0.5) is 11.4 Å². The number of anilines is 2. The summed E-state index contributed by atoms with van der Waals surface area (Å²) in [6, 6.07) is 11.0. The summed E-state index contributed by atoms with van der Waals surface area (Å²) in [6.45, 7) is 3.91. The number of para-hydroxylation sites is 2. The standard InChI is InChI=1S/C16H18N2O2/c1-10-6-4-7-11(2)15(10)18-16(19)12-8-5-9-13(20-3)14(12)17/h4-9H,17H2,1-3H3,(H,18,19). The van der Waals surface area contributed by atoms with Gasteiger partial charge in [0.1, 0.15) is 5.75 Å². The van der Waals surface area contributed by atoms with E-state index in [1.807, 2.05) is 32.0 Å². The van der Waals surface area contributed by atoms with E-state index in [0.29, 0.717) is 17.0 Å². The molecule has 0 saturated carbocycles. The summed E-state index contributed by atoms with van der Waals surface area (Å²) in [4.78, 5) is 12.4. The topological polar surface area (TPSA) is 64.3 Å². The van der Waals surface area contributed by atoms with Crippen LogP contribution in [0.15, 0.2) is 36.4 Å². The number of benzene rings is 2. The van der Waals surface area contributed by atoms with E-state index in [-0.39, 0.29) is 5.91 Å². The molecule has 0 unspecified atom stereocenters. The van der Waals surface area contributed by atoms with Gasteiger partial charge in [0.05, 0.1) is 18.4 Å². The Bertz CT molecular complexity index is 631. The van der Waals surface area contributed by atoms with Crippen LogP contribution in [-0.2, 0) is 0 Å². The van der Waals surface area contributed by atoms with Gasteiger partial charge in [-0.1, -0.05) is 24.3 Å². The van der Waals surface area contributed by atoms with Crippen LogP contribution in [0.5, 0.6) is 5.75 Å². The number of amides is 1. The lowest BCUT2D eigenvalue weighted by atomic mass is 10.1. The molecule has 2 aromatic carbocycles. The number of aryl methyl sites for hydroxylation is 2. The van der Waals surface area contributed by atoms with E-state index >= 15 is 0 Å². The summed E-state index contributed by atoms with van der Waals surface area (Å²) in [5, 5.41) is 2.91. The monoisotopic (exact) mass is 270 g/mol. The predicted octanol–water partition coefficient (Wildman–Crippen LogP) is 3.15. The molecule has 0 spiro atoms. The molecule has 4 heteroatoms. The third kappa shape index (κ3) is 2.59. The van der Waals surface area contributed by atoms with Crippen molar-refractivity contribution < 1.29 is 9.53 Å². The van der Waals surface area contributed by atoms with Crippen LogP contribution in [0.3, 0.4) is 0 Å². The summed E-state index contributed by atoms with van der Waals surface area (Å²) in [6.07, 6.45) is 0. The van der Waals surface area contributed by atoms with Gasteiger partial charge in [0.2, 0.25) is 0 Å². The third-order valence-corrected chi connectivity index (χ3v) is 3.25. The summed E-state index contributed by atoms with van der Waals surface area (Å²) in [5.74, 6) is 0.262. The first-order valence-corrected chi connectivity index (χ1v) is 6.34. The molecule has 0 saturated heterocycles. The van der Waals surface area contributed by atoms with E-state index < -0.39 is 0 Å². The van der Waals surface area contributed by atoms with Gasteiger partial charge in [0.25, 0.3) is 5.91 Å². The molecule has 0 bridgehead atoms. The average Bonchev–Trinajstić information content (AvgIpc) is 2.43. The highest BCUT2D eigenvalue weighted by Crippen LogP contribution is 2.26. The Hall–Kier alpha value is -2.49. The molecule has 0 fully saturated rings. The number of nitrogens with one attached hydrogen (secondary N) is 1. The predicted molar refractivity (Wildman–Crippen MR) is 81.3 cm³/mol. The minimum atomic E-state index is -0.237. The molecule has 1 amide bonds. The Morgan fingerprint density at radius 1 is 1.10 bits per heavy atom. The van der Waals surface area contributed by atoms with Gasteiger partial charge in [-0.05, 0) is 37.1 Å². The number of hydrogen-bond donors (Lipinski definition) is 2. The van der Waals surface area contributed by atoms with Gasteiger partial charge in [-0.15, -0.1) is 0 Å². The number of carbonyl (C=O) groups excluding carboxylic acids is 1. The van der Waals surface area contributed by atoms with Crippen molar-refractivity contribution >= 4 is 17.3 Å². The fourth-order valence-corrected chi connectivity index (χ4v) is 2.11. The molecule has 2 aromatic rings. The van der Waals surface area contributed by atoms with Crippen LogP contribution in [0, 0.1) is 13.8 Å². The molecule has 3 N–H and O–H groups in total. The molecule has 20 heavy (non-hydrogen) atoms. The zero-order valence-corrected chi connectivity index (χ0v) is 11.9. The zero-order chi connectivity index (χ0) is 14.7. The number of nitrogens with two attached hydrogens (primary N) is 1. The highest BCUT2D eigenvalue weighted by atomic mass is 16.5. The fraction of sp³-hybridized carbons (Fsp3) is 0.188. The Balaban J connectivity index is 2.34. The van der Waals surface area contributed by atoms with Crippen LogP contribution in [0.2, 0.25) is 0 Å². The average molecular weight is 270 g/mol. The van der Waals surface area contributed by atoms with Crippen molar-refractivity contribution in [3.05, 3.63) is 53.1 Å². The summed E-state index contributed by atoms with van der Waals surface area (Å²) >= 11 is 0. The maximum absolute atomic E-state index is 12.4. The Labute approximate surface area is 118 Å². The normalized spacial score (nSPS) is 10.2. The largest absolute Gasteiger partial charge is 0.495 e. The number of methoxy groups -OCH3 is 1. The summed E-state index contributed by atoms with van der Waals surface area (Å²) < 4.78 is 5.13. The van der Waals surface area contributed by atoms with E-state index in [1.165, 1.54) is 7.11 Å². The van der Waals surface area contributed by atoms with Crippen molar-refractivity contribution in [1.29, 1.82) is 0 Å². The van der Waals surface area contributed by atoms with Crippen LogP contribution >= 0.6 is 0 Å². The maximum Gasteiger partial charge on any atom is 0.257 e. The van der Waals surface area contributed by atoms with Gasteiger partial charge in [-0.2, -0.15) is 0 Å². The molecule has 0 radical (unpaired) electrons. The highest BCUT2D eigenvalue weighted by Gasteiger charge is 2.14. The van der Waals surface area contributed by atoms with Crippen molar-refractivity contribution in [2.24, 2.45) is 0 Å². The second-order valence-corrected chi connectivity index (χ2v) is 4.64. The van der Waals surface area contributed by atoms with Crippen molar-refractivity contribution in [2.45, 2.75) is 13.8 Å². The first kappa shape index (κ1) is 13.9. The Morgan fingerprint density at radius 2 is 1.70 bits per heavy atom. The van der Waals surface area contributed by atoms with Crippen LogP contribution in [0.25, 0.3) is 0 Å². The number of carbonyl (C=O) groups is 1. The van der Waals surface area contributed by atoms with Crippen molar-refractivity contribution in [2.75, 3.05) is 18.2 Å². The van der Waals surface area contributed by atoms with Gasteiger partial charge < -0.3 is 15.8 Å². The fourth-order valence-electron chi connectivity index (χ4n) is 2.11. The molecule has 0 aromatic heterocycles. The van der Waals surface area contributed by atoms with Gasteiger partial charge in [-0.3, -0.25) is 4.79 Å². The lowest BCUT2D eigenvalue weighted by molar-refractivity contribution is 0.102. The summed E-state index contributed by atoms with van der Waals surface area (Å²) in [7, 11) is 1.53. The maximum atomic E-state index is 12.4. The minimum Gasteiger partial charge on any atom is -0.495 e. The second-order valence-electron chi connectivity index (χ2n) is 4.64. The quantitative estimate of drug-likeness (QED) is 0.842. The van der Waals surface area contributed by atoms with Crippen LogP contribution < -0.4 is 15.8 Å². The molecule has 0 atom stereocenters. The zero-order valence-electron chi connectivity index (χ0n) is 11.9. The molecule has 0 aliphatic carbocycles. The lowest BCUT2D eigenvalue weighted by Gasteiger charge is -2.13. The molecular weight excluding hydrogens is 252 g/mol. The van der Waals surface area contributed by atoms with Gasteiger partial charge in [0.15, 0.2) is 0 Å². The lowest BCUT2D eigenvalue weighted by Crippen LogP contribution is -2.16. The SMILES string of the molecule is COc1cccc(C(=O)Nc2c(C)cccc2C)c1N. The van der Waals surface area contributed by atoms with Gasteiger partial charge in [-0.25, -0.2) is 0 Å². The number of ether oxygens (including phenoxy) is 1. The van der Waals surface area contributed by atoms with E-state index in [4.69, 9.17) is 10.5 Å². The van der Waals surface area contributed by atoms with Crippen molar-refractivity contribution in [3.63, 3.8) is 0 Å². The molecule has 2 rings (SSSR count). The first-order valence-electron chi connectivity index (χ1n) is 6.34. The van der Waals surface area contributed by atoms with Crippen LogP contribution in [0.1, 0.15) is 21.5 Å². The molecule has 0 aliphatic rings. The first-order chi connectivity index (χ1) is 9.54. The molecule has 4 nitrogen and oxygen atoms in total. The van der Waals surface area contributed by atoms with Gasteiger partial charge >= 0.3 is 0 Å². The smallest absolute Gasteiger partial charge is 0.257 e.